The van der Waals surface area contributed by atoms with Crippen molar-refractivity contribution in [1.29, 1.82) is 0 Å². The van der Waals surface area contributed by atoms with Crippen LogP contribution in [0, 0.1) is 0 Å². The summed E-state index contributed by atoms with van der Waals surface area (Å²) in [5.74, 6) is 0.437. The third kappa shape index (κ3) is 4.20. The van der Waals surface area contributed by atoms with Gasteiger partial charge >= 0.3 is 0 Å². The Kier molecular flexibility index (Phi) is 6.37. The van der Waals surface area contributed by atoms with Gasteiger partial charge in [-0.1, -0.05) is 12.1 Å². The summed E-state index contributed by atoms with van der Waals surface area (Å²) in [7, 11) is 0. The molecular formula is C18H23ClN8O. The molecule has 1 unspecified atom stereocenters. The number of benzene rings is 1. The number of aromatic nitrogens is 6. The normalized spacial score (nSPS) is 16.4. The van der Waals surface area contributed by atoms with Crippen LogP contribution in [0.5, 0.6) is 0 Å². The Bertz CT molecular complexity index is 931. The number of anilines is 1. The Labute approximate surface area is 168 Å². The topological polar surface area (TPSA) is 103 Å². The second-order valence-corrected chi connectivity index (χ2v) is 6.53. The lowest BCUT2D eigenvalue weighted by atomic mass is 10.1. The molecule has 0 aliphatic carbocycles. The number of nitrogens with one attached hydrogen (secondary N) is 2. The van der Waals surface area contributed by atoms with Gasteiger partial charge in [-0.2, -0.15) is 5.10 Å². The van der Waals surface area contributed by atoms with E-state index in [1.165, 1.54) is 0 Å². The summed E-state index contributed by atoms with van der Waals surface area (Å²) in [4.78, 5) is 12.6. The number of amides is 1. The van der Waals surface area contributed by atoms with Gasteiger partial charge in [0, 0.05) is 30.5 Å². The summed E-state index contributed by atoms with van der Waals surface area (Å²) in [6.07, 6.45) is 4.07. The molecule has 0 bridgehead atoms. The van der Waals surface area contributed by atoms with Crippen molar-refractivity contribution >= 4 is 24.0 Å². The number of rotatable bonds is 5. The molecule has 28 heavy (non-hydrogen) atoms. The quantitative estimate of drug-likeness (QED) is 0.677. The molecule has 1 aliphatic rings. The van der Waals surface area contributed by atoms with E-state index >= 15 is 0 Å². The van der Waals surface area contributed by atoms with Crippen molar-refractivity contribution in [3.63, 3.8) is 0 Å². The van der Waals surface area contributed by atoms with Crippen LogP contribution >= 0.6 is 12.4 Å². The standard InChI is InChI=1S/C18H22N8O.ClH/c1-2-25-17(21-23-24-25)13-5-3-6-14(11-13)20-18(27)16-8-10-26(22-16)15-7-4-9-19-12-15;/h3,5-6,8,10-11,15,19H,2,4,7,9,12H2,1H3,(H,20,27);1H. The average molecular weight is 403 g/mol. The molecule has 0 radical (unpaired) electrons. The molecule has 3 heterocycles. The van der Waals surface area contributed by atoms with Gasteiger partial charge in [-0.15, -0.1) is 17.5 Å². The Morgan fingerprint density at radius 1 is 1.36 bits per heavy atom. The molecule has 1 aromatic carbocycles. The molecular weight excluding hydrogens is 380 g/mol. The van der Waals surface area contributed by atoms with Gasteiger partial charge in [-0.05, 0) is 54.9 Å². The van der Waals surface area contributed by atoms with E-state index in [0.29, 0.717) is 29.8 Å². The Balaban J connectivity index is 0.00000225. The zero-order chi connectivity index (χ0) is 18.6. The minimum atomic E-state index is -0.232. The van der Waals surface area contributed by atoms with Gasteiger partial charge < -0.3 is 10.6 Å². The van der Waals surface area contributed by atoms with Gasteiger partial charge in [0.05, 0.1) is 6.04 Å². The summed E-state index contributed by atoms with van der Waals surface area (Å²) in [6.45, 7) is 4.58. The van der Waals surface area contributed by atoms with Gasteiger partial charge in [0.15, 0.2) is 11.5 Å². The summed E-state index contributed by atoms with van der Waals surface area (Å²) in [6, 6.07) is 9.54. The first-order valence-corrected chi connectivity index (χ1v) is 9.18. The number of hydrogen-bond acceptors (Lipinski definition) is 6. The van der Waals surface area contributed by atoms with Crippen LogP contribution < -0.4 is 10.6 Å². The number of halogens is 1. The van der Waals surface area contributed by atoms with Crippen molar-refractivity contribution < 1.29 is 4.79 Å². The van der Waals surface area contributed by atoms with Crippen molar-refractivity contribution in [3.8, 4) is 11.4 Å². The van der Waals surface area contributed by atoms with Crippen molar-refractivity contribution in [2.45, 2.75) is 32.4 Å². The van der Waals surface area contributed by atoms with Crippen molar-refractivity contribution in [2.24, 2.45) is 0 Å². The van der Waals surface area contributed by atoms with Crippen LogP contribution in [0.2, 0.25) is 0 Å². The highest BCUT2D eigenvalue weighted by Crippen LogP contribution is 2.21. The fourth-order valence-electron chi connectivity index (χ4n) is 3.28. The Morgan fingerprint density at radius 3 is 3.04 bits per heavy atom. The van der Waals surface area contributed by atoms with Crippen LogP contribution in [-0.2, 0) is 6.54 Å². The van der Waals surface area contributed by atoms with Crippen molar-refractivity contribution in [2.75, 3.05) is 18.4 Å². The molecule has 0 saturated carbocycles. The molecule has 0 spiro atoms. The molecule has 9 nitrogen and oxygen atoms in total. The van der Waals surface area contributed by atoms with E-state index in [9.17, 15) is 4.79 Å². The van der Waals surface area contributed by atoms with Crippen LogP contribution in [0.1, 0.15) is 36.3 Å². The van der Waals surface area contributed by atoms with E-state index in [4.69, 9.17) is 0 Å². The summed E-state index contributed by atoms with van der Waals surface area (Å²) >= 11 is 0. The molecule has 1 fully saturated rings. The number of carbonyl (C=O) groups is 1. The number of nitrogens with zero attached hydrogens (tertiary/aromatic N) is 6. The van der Waals surface area contributed by atoms with E-state index in [1.54, 1.807) is 10.7 Å². The lowest BCUT2D eigenvalue weighted by Crippen LogP contribution is -2.32. The number of piperidine rings is 1. The predicted molar refractivity (Wildman–Crippen MR) is 107 cm³/mol. The number of carbonyl (C=O) groups excluding carboxylic acids is 1. The number of tetrazole rings is 1. The second kappa shape index (κ2) is 8.94. The maximum atomic E-state index is 12.6. The minimum Gasteiger partial charge on any atom is -0.321 e. The maximum Gasteiger partial charge on any atom is 0.276 e. The highest BCUT2D eigenvalue weighted by molar-refractivity contribution is 6.03. The summed E-state index contributed by atoms with van der Waals surface area (Å²) < 4.78 is 3.59. The maximum absolute atomic E-state index is 12.6. The largest absolute Gasteiger partial charge is 0.321 e. The molecule has 4 rings (SSSR count). The first kappa shape index (κ1) is 20.0. The zero-order valence-corrected chi connectivity index (χ0v) is 16.4. The van der Waals surface area contributed by atoms with Crippen LogP contribution in [0.3, 0.4) is 0 Å². The lowest BCUT2D eigenvalue weighted by Gasteiger charge is -2.22. The van der Waals surface area contributed by atoms with E-state index < -0.39 is 0 Å². The van der Waals surface area contributed by atoms with Gasteiger partial charge in [0.25, 0.3) is 5.91 Å². The highest BCUT2D eigenvalue weighted by Gasteiger charge is 2.18. The molecule has 1 aliphatic heterocycles. The van der Waals surface area contributed by atoms with E-state index in [1.807, 2.05) is 42.1 Å². The molecule has 2 N–H and O–H groups in total. The van der Waals surface area contributed by atoms with Crippen LogP contribution in [0.4, 0.5) is 5.69 Å². The molecule has 3 aromatic rings. The molecule has 2 aromatic heterocycles. The summed E-state index contributed by atoms with van der Waals surface area (Å²) in [5.41, 5.74) is 1.93. The Morgan fingerprint density at radius 2 is 2.25 bits per heavy atom. The zero-order valence-electron chi connectivity index (χ0n) is 15.6. The highest BCUT2D eigenvalue weighted by atomic mass is 35.5. The van der Waals surface area contributed by atoms with Crippen LogP contribution in [0.25, 0.3) is 11.4 Å². The summed E-state index contributed by atoms with van der Waals surface area (Å²) in [5, 5.41) is 22.4. The molecule has 148 valence electrons. The van der Waals surface area contributed by atoms with Gasteiger partial charge in [-0.3, -0.25) is 9.48 Å². The smallest absolute Gasteiger partial charge is 0.276 e. The first-order valence-electron chi connectivity index (χ1n) is 9.18. The third-order valence-electron chi connectivity index (χ3n) is 4.70. The van der Waals surface area contributed by atoms with E-state index in [-0.39, 0.29) is 18.3 Å². The third-order valence-corrected chi connectivity index (χ3v) is 4.70. The van der Waals surface area contributed by atoms with Crippen LogP contribution in [0.15, 0.2) is 36.5 Å². The van der Waals surface area contributed by atoms with Crippen molar-refractivity contribution in [1.82, 2.24) is 35.3 Å². The molecule has 1 amide bonds. The Hall–Kier alpha value is -2.78. The van der Waals surface area contributed by atoms with Gasteiger partial charge in [0.1, 0.15) is 0 Å². The van der Waals surface area contributed by atoms with Gasteiger partial charge in [0.2, 0.25) is 0 Å². The second-order valence-electron chi connectivity index (χ2n) is 6.53. The monoisotopic (exact) mass is 402 g/mol. The van der Waals surface area contributed by atoms with Crippen LogP contribution in [-0.4, -0.2) is 49.0 Å². The predicted octanol–water partition coefficient (Wildman–Crippen LogP) is 2.16. The fraction of sp³-hybridized carbons (Fsp3) is 0.389. The number of aryl methyl sites for hydroxylation is 1. The first-order chi connectivity index (χ1) is 13.2. The molecule has 10 heteroatoms. The molecule has 1 saturated heterocycles. The SMILES string of the molecule is CCn1nnnc1-c1cccc(NC(=O)c2ccn(C3CCCNC3)n2)c1.Cl. The van der Waals surface area contributed by atoms with E-state index in [0.717, 1.165) is 31.5 Å². The van der Waals surface area contributed by atoms with Crippen molar-refractivity contribution in [3.05, 3.63) is 42.2 Å². The molecule has 1 atom stereocenters. The average Bonchev–Trinajstić information content (AvgIpc) is 3.38. The minimum absolute atomic E-state index is 0. The lowest BCUT2D eigenvalue weighted by molar-refractivity contribution is 0.102. The van der Waals surface area contributed by atoms with Gasteiger partial charge in [-0.25, -0.2) is 4.68 Å². The fourth-order valence-corrected chi connectivity index (χ4v) is 3.28. The number of hydrogen-bond donors (Lipinski definition) is 2. The van der Waals surface area contributed by atoms with E-state index in [2.05, 4.69) is 31.3 Å².